The molecule has 2 aromatic rings. The van der Waals surface area contributed by atoms with Gasteiger partial charge in [0.2, 0.25) is 0 Å². The van der Waals surface area contributed by atoms with Crippen molar-refractivity contribution >= 4 is 34.8 Å². The second kappa shape index (κ2) is 7.04. The SMILES string of the molecule is Cc1cccc(N2CCN(C(=O)c3cc(Cl)cc(Cl)c3)CC2)c1C. The number of aryl methyl sites for hydroxylation is 1. The summed E-state index contributed by atoms with van der Waals surface area (Å²) in [5, 5.41) is 0.972. The molecular weight excluding hydrogens is 343 g/mol. The first-order chi connectivity index (χ1) is 11.5. The maximum absolute atomic E-state index is 12.7. The predicted octanol–water partition coefficient (Wildman–Crippen LogP) is 4.57. The third-order valence-corrected chi connectivity index (χ3v) is 5.03. The summed E-state index contributed by atoms with van der Waals surface area (Å²) in [4.78, 5) is 16.9. The third kappa shape index (κ3) is 3.52. The summed E-state index contributed by atoms with van der Waals surface area (Å²) in [6.07, 6.45) is 0. The fourth-order valence-corrected chi connectivity index (χ4v) is 3.61. The lowest BCUT2D eigenvalue weighted by Crippen LogP contribution is -2.49. The molecule has 0 radical (unpaired) electrons. The van der Waals surface area contributed by atoms with E-state index in [-0.39, 0.29) is 5.91 Å². The minimum Gasteiger partial charge on any atom is -0.368 e. The van der Waals surface area contributed by atoms with Gasteiger partial charge in [0.1, 0.15) is 0 Å². The second-order valence-corrected chi connectivity index (χ2v) is 7.03. The summed E-state index contributed by atoms with van der Waals surface area (Å²) < 4.78 is 0. The van der Waals surface area contributed by atoms with Crippen molar-refractivity contribution < 1.29 is 4.79 Å². The maximum Gasteiger partial charge on any atom is 0.254 e. The highest BCUT2D eigenvalue weighted by Gasteiger charge is 2.23. The molecular formula is C19H20Cl2N2O. The van der Waals surface area contributed by atoms with E-state index < -0.39 is 0 Å². The van der Waals surface area contributed by atoms with Gasteiger partial charge in [0.05, 0.1) is 0 Å². The molecule has 0 atom stereocenters. The third-order valence-electron chi connectivity index (χ3n) is 4.59. The minimum atomic E-state index is -0.0139. The topological polar surface area (TPSA) is 23.6 Å². The van der Waals surface area contributed by atoms with Crippen LogP contribution < -0.4 is 4.90 Å². The van der Waals surface area contributed by atoms with Crippen LogP contribution in [0.4, 0.5) is 5.69 Å². The fraction of sp³-hybridized carbons (Fsp3) is 0.316. The van der Waals surface area contributed by atoms with Gasteiger partial charge in [-0.15, -0.1) is 0 Å². The Morgan fingerprint density at radius 2 is 1.58 bits per heavy atom. The molecule has 3 nitrogen and oxygen atoms in total. The molecule has 0 N–H and O–H groups in total. The molecule has 3 rings (SSSR count). The first-order valence-corrected chi connectivity index (χ1v) is 8.78. The van der Waals surface area contributed by atoms with Crippen LogP contribution in [0.15, 0.2) is 36.4 Å². The molecule has 0 bridgehead atoms. The maximum atomic E-state index is 12.7. The Kier molecular flexibility index (Phi) is 5.02. The monoisotopic (exact) mass is 362 g/mol. The average Bonchev–Trinajstić information content (AvgIpc) is 2.56. The van der Waals surface area contributed by atoms with Gasteiger partial charge in [-0.05, 0) is 49.2 Å². The molecule has 24 heavy (non-hydrogen) atoms. The van der Waals surface area contributed by atoms with Gasteiger partial charge in [-0.2, -0.15) is 0 Å². The van der Waals surface area contributed by atoms with Gasteiger partial charge >= 0.3 is 0 Å². The van der Waals surface area contributed by atoms with Gasteiger partial charge in [0, 0.05) is 47.5 Å². The van der Waals surface area contributed by atoms with Crippen LogP contribution in [-0.4, -0.2) is 37.0 Å². The van der Waals surface area contributed by atoms with Crippen LogP contribution in [0, 0.1) is 13.8 Å². The van der Waals surface area contributed by atoms with Crippen molar-refractivity contribution in [3.05, 3.63) is 63.1 Å². The van der Waals surface area contributed by atoms with Crippen LogP contribution >= 0.6 is 23.2 Å². The highest BCUT2D eigenvalue weighted by Crippen LogP contribution is 2.25. The van der Waals surface area contributed by atoms with E-state index >= 15 is 0 Å². The van der Waals surface area contributed by atoms with E-state index in [2.05, 4.69) is 36.9 Å². The molecule has 1 aliphatic heterocycles. The van der Waals surface area contributed by atoms with Crippen LogP contribution in [0.3, 0.4) is 0 Å². The van der Waals surface area contributed by atoms with E-state index in [0.717, 1.165) is 13.1 Å². The zero-order valence-corrected chi connectivity index (χ0v) is 15.4. The highest BCUT2D eigenvalue weighted by atomic mass is 35.5. The molecule has 0 spiro atoms. The number of rotatable bonds is 2. The van der Waals surface area contributed by atoms with E-state index in [1.165, 1.54) is 16.8 Å². The molecule has 1 saturated heterocycles. The summed E-state index contributed by atoms with van der Waals surface area (Å²) in [5.41, 5.74) is 4.40. The van der Waals surface area contributed by atoms with Crippen LogP contribution in [0.2, 0.25) is 10.0 Å². The van der Waals surface area contributed by atoms with Crippen LogP contribution in [0.1, 0.15) is 21.5 Å². The van der Waals surface area contributed by atoms with E-state index in [9.17, 15) is 4.79 Å². The Morgan fingerprint density at radius 1 is 0.958 bits per heavy atom. The summed E-state index contributed by atoms with van der Waals surface area (Å²) in [5.74, 6) is -0.0139. The van der Waals surface area contributed by atoms with Gasteiger partial charge in [0.15, 0.2) is 0 Å². The number of piperazine rings is 1. The van der Waals surface area contributed by atoms with Crippen LogP contribution in [0.25, 0.3) is 0 Å². The first kappa shape index (κ1) is 17.1. The Hall–Kier alpha value is -1.71. The molecule has 2 aromatic carbocycles. The van der Waals surface area contributed by atoms with Gasteiger partial charge in [-0.1, -0.05) is 35.3 Å². The molecule has 1 heterocycles. The number of carbonyl (C=O) groups excluding carboxylic acids is 1. The van der Waals surface area contributed by atoms with Crippen LogP contribution in [-0.2, 0) is 0 Å². The Balaban J connectivity index is 1.70. The van der Waals surface area contributed by atoms with Crippen molar-refractivity contribution in [1.82, 2.24) is 4.90 Å². The lowest BCUT2D eigenvalue weighted by molar-refractivity contribution is 0.0747. The largest absolute Gasteiger partial charge is 0.368 e. The number of nitrogens with zero attached hydrogens (tertiary/aromatic N) is 2. The number of anilines is 1. The molecule has 0 aliphatic carbocycles. The molecule has 0 aromatic heterocycles. The van der Waals surface area contributed by atoms with Gasteiger partial charge in [-0.3, -0.25) is 4.79 Å². The van der Waals surface area contributed by atoms with E-state index in [1.54, 1.807) is 18.2 Å². The standard InChI is InChI=1S/C19H20Cl2N2O/c1-13-4-3-5-18(14(13)2)22-6-8-23(9-7-22)19(24)15-10-16(20)12-17(21)11-15/h3-5,10-12H,6-9H2,1-2H3. The second-order valence-electron chi connectivity index (χ2n) is 6.16. The van der Waals surface area contributed by atoms with Crippen molar-refractivity contribution in [1.29, 1.82) is 0 Å². The molecule has 1 amide bonds. The number of hydrogen-bond acceptors (Lipinski definition) is 2. The van der Waals surface area contributed by atoms with Crippen molar-refractivity contribution in [3.63, 3.8) is 0 Å². The average molecular weight is 363 g/mol. The molecule has 0 saturated carbocycles. The van der Waals surface area contributed by atoms with Crippen molar-refractivity contribution in [3.8, 4) is 0 Å². The molecule has 1 fully saturated rings. The highest BCUT2D eigenvalue weighted by molar-refractivity contribution is 6.35. The van der Waals surface area contributed by atoms with Crippen molar-refractivity contribution in [2.75, 3.05) is 31.1 Å². The van der Waals surface area contributed by atoms with Crippen LogP contribution in [0.5, 0.6) is 0 Å². The number of halogens is 2. The van der Waals surface area contributed by atoms with E-state index in [1.807, 2.05) is 4.90 Å². The normalized spacial score (nSPS) is 14.8. The van der Waals surface area contributed by atoms with E-state index in [4.69, 9.17) is 23.2 Å². The van der Waals surface area contributed by atoms with Gasteiger partial charge < -0.3 is 9.80 Å². The van der Waals surface area contributed by atoms with Crippen molar-refractivity contribution in [2.45, 2.75) is 13.8 Å². The summed E-state index contributed by atoms with van der Waals surface area (Å²) in [6.45, 7) is 7.30. The molecule has 0 unspecified atom stereocenters. The fourth-order valence-electron chi connectivity index (χ4n) is 3.09. The van der Waals surface area contributed by atoms with E-state index in [0.29, 0.717) is 28.7 Å². The number of amides is 1. The first-order valence-electron chi connectivity index (χ1n) is 8.02. The minimum absolute atomic E-state index is 0.0139. The summed E-state index contributed by atoms with van der Waals surface area (Å²) >= 11 is 12.0. The number of carbonyl (C=O) groups is 1. The quantitative estimate of drug-likeness (QED) is 0.780. The lowest BCUT2D eigenvalue weighted by atomic mass is 10.1. The molecule has 1 aliphatic rings. The van der Waals surface area contributed by atoms with Crippen molar-refractivity contribution in [2.24, 2.45) is 0 Å². The zero-order valence-electron chi connectivity index (χ0n) is 13.9. The number of hydrogen-bond donors (Lipinski definition) is 0. The molecule has 5 heteroatoms. The zero-order chi connectivity index (χ0) is 17.3. The Labute approximate surface area is 152 Å². The Bertz CT molecular complexity index is 748. The molecule has 126 valence electrons. The predicted molar refractivity (Wildman–Crippen MR) is 100 cm³/mol. The van der Waals surface area contributed by atoms with Gasteiger partial charge in [-0.25, -0.2) is 0 Å². The van der Waals surface area contributed by atoms with Gasteiger partial charge in [0.25, 0.3) is 5.91 Å². The summed E-state index contributed by atoms with van der Waals surface area (Å²) in [6, 6.07) is 11.3. The Morgan fingerprint density at radius 3 is 2.21 bits per heavy atom. The number of benzene rings is 2. The summed E-state index contributed by atoms with van der Waals surface area (Å²) in [7, 11) is 0. The lowest BCUT2D eigenvalue weighted by Gasteiger charge is -2.37. The smallest absolute Gasteiger partial charge is 0.254 e.